The van der Waals surface area contributed by atoms with Crippen LogP contribution in [0.5, 0.6) is 11.5 Å². The van der Waals surface area contributed by atoms with E-state index in [0.717, 1.165) is 33.9 Å². The van der Waals surface area contributed by atoms with Gasteiger partial charge < -0.3 is 14.0 Å². The van der Waals surface area contributed by atoms with Crippen LogP contribution in [-0.2, 0) is 6.54 Å². The lowest BCUT2D eigenvalue weighted by molar-refractivity contribution is 0.174. The van der Waals surface area contributed by atoms with Crippen molar-refractivity contribution in [2.75, 3.05) is 6.79 Å². The summed E-state index contributed by atoms with van der Waals surface area (Å²) in [6.45, 7) is 2.89. The van der Waals surface area contributed by atoms with Crippen LogP contribution >= 0.6 is 0 Å². The summed E-state index contributed by atoms with van der Waals surface area (Å²) in [5, 5.41) is 9.02. The van der Waals surface area contributed by atoms with Gasteiger partial charge >= 0.3 is 0 Å². The number of imidazole rings is 1. The van der Waals surface area contributed by atoms with Crippen LogP contribution < -0.4 is 9.47 Å². The van der Waals surface area contributed by atoms with Crippen LogP contribution in [0.15, 0.2) is 36.4 Å². The number of fused-ring (bicyclic) bond motifs is 2. The maximum Gasteiger partial charge on any atom is 0.231 e. The third kappa shape index (κ3) is 1.97. The number of nitriles is 1. The van der Waals surface area contributed by atoms with Crippen LogP contribution in [0.2, 0.25) is 0 Å². The van der Waals surface area contributed by atoms with Crippen molar-refractivity contribution in [3.63, 3.8) is 0 Å². The minimum atomic E-state index is 0.255. The molecule has 2 aromatic carbocycles. The van der Waals surface area contributed by atoms with Gasteiger partial charge in [0.1, 0.15) is 5.82 Å². The Kier molecular flexibility index (Phi) is 2.76. The standard InChI is InChI=1S/C17H13N3O2/c1-11-19-14-6-16-17(22-10-21-16)7-15(14)20(11)9-13-4-2-3-12(5-13)8-18/h2-7H,9-10H2,1H3. The molecule has 22 heavy (non-hydrogen) atoms. The molecular weight excluding hydrogens is 278 g/mol. The second-order valence-electron chi connectivity index (χ2n) is 5.25. The molecule has 4 rings (SSSR count). The number of rotatable bonds is 2. The van der Waals surface area contributed by atoms with Gasteiger partial charge in [0.25, 0.3) is 0 Å². The molecule has 5 heteroatoms. The van der Waals surface area contributed by atoms with Gasteiger partial charge in [-0.2, -0.15) is 5.26 Å². The van der Waals surface area contributed by atoms with Crippen LogP contribution in [-0.4, -0.2) is 16.3 Å². The summed E-state index contributed by atoms with van der Waals surface area (Å²) < 4.78 is 13.0. The molecule has 0 spiro atoms. The average molecular weight is 291 g/mol. The Morgan fingerprint density at radius 2 is 2.05 bits per heavy atom. The topological polar surface area (TPSA) is 60.1 Å². The van der Waals surface area contributed by atoms with E-state index >= 15 is 0 Å². The molecule has 0 saturated heterocycles. The number of hydrogen-bond donors (Lipinski definition) is 0. The molecule has 2 heterocycles. The fraction of sp³-hybridized carbons (Fsp3) is 0.176. The Balaban J connectivity index is 1.81. The van der Waals surface area contributed by atoms with Gasteiger partial charge in [0.2, 0.25) is 6.79 Å². The largest absolute Gasteiger partial charge is 0.454 e. The van der Waals surface area contributed by atoms with E-state index < -0.39 is 0 Å². The van der Waals surface area contributed by atoms with Crippen molar-refractivity contribution in [1.82, 2.24) is 9.55 Å². The normalized spacial score (nSPS) is 12.5. The monoisotopic (exact) mass is 291 g/mol. The van der Waals surface area contributed by atoms with E-state index in [0.29, 0.717) is 12.1 Å². The van der Waals surface area contributed by atoms with E-state index in [1.165, 1.54) is 0 Å². The highest BCUT2D eigenvalue weighted by molar-refractivity contribution is 5.81. The van der Waals surface area contributed by atoms with Crippen LogP contribution in [0.3, 0.4) is 0 Å². The number of aryl methyl sites for hydroxylation is 1. The number of hydrogen-bond acceptors (Lipinski definition) is 4. The molecule has 0 bridgehead atoms. The minimum absolute atomic E-state index is 0.255. The van der Waals surface area contributed by atoms with Crippen molar-refractivity contribution >= 4 is 11.0 Å². The fourth-order valence-electron chi connectivity index (χ4n) is 2.76. The highest BCUT2D eigenvalue weighted by atomic mass is 16.7. The molecule has 1 aromatic heterocycles. The van der Waals surface area contributed by atoms with E-state index in [1.807, 2.05) is 37.3 Å². The van der Waals surface area contributed by atoms with E-state index in [2.05, 4.69) is 15.6 Å². The number of ether oxygens (including phenoxy) is 2. The van der Waals surface area contributed by atoms with Crippen LogP contribution in [0.4, 0.5) is 0 Å². The highest BCUT2D eigenvalue weighted by Gasteiger charge is 2.18. The summed E-state index contributed by atoms with van der Waals surface area (Å²) in [6, 6.07) is 13.7. The molecule has 0 amide bonds. The Labute approximate surface area is 127 Å². The average Bonchev–Trinajstić information content (AvgIpc) is 3.10. The lowest BCUT2D eigenvalue weighted by Crippen LogP contribution is -2.02. The lowest BCUT2D eigenvalue weighted by atomic mass is 10.1. The molecule has 1 aliphatic rings. The molecular formula is C17H13N3O2. The molecule has 0 saturated carbocycles. The first-order valence-corrected chi connectivity index (χ1v) is 7.00. The van der Waals surface area contributed by atoms with E-state index in [4.69, 9.17) is 14.7 Å². The third-order valence-corrected chi connectivity index (χ3v) is 3.83. The summed E-state index contributed by atoms with van der Waals surface area (Å²) in [7, 11) is 0. The second kappa shape index (κ2) is 4.78. The van der Waals surface area contributed by atoms with Gasteiger partial charge in [-0.3, -0.25) is 0 Å². The minimum Gasteiger partial charge on any atom is -0.454 e. The van der Waals surface area contributed by atoms with Crippen LogP contribution in [0, 0.1) is 18.3 Å². The third-order valence-electron chi connectivity index (χ3n) is 3.83. The van der Waals surface area contributed by atoms with Crippen molar-refractivity contribution in [3.05, 3.63) is 53.3 Å². The highest BCUT2D eigenvalue weighted by Crippen LogP contribution is 2.36. The Bertz CT molecular complexity index is 922. The summed E-state index contributed by atoms with van der Waals surface area (Å²) in [6.07, 6.45) is 0. The number of benzene rings is 2. The van der Waals surface area contributed by atoms with Crippen molar-refractivity contribution in [3.8, 4) is 17.6 Å². The molecule has 0 aliphatic carbocycles. The zero-order chi connectivity index (χ0) is 15.1. The lowest BCUT2D eigenvalue weighted by Gasteiger charge is -2.08. The summed E-state index contributed by atoms with van der Waals surface area (Å²) >= 11 is 0. The molecule has 0 N–H and O–H groups in total. The van der Waals surface area contributed by atoms with Gasteiger partial charge in [-0.25, -0.2) is 4.98 Å². The Hall–Kier alpha value is -3.00. The smallest absolute Gasteiger partial charge is 0.231 e. The Morgan fingerprint density at radius 1 is 1.23 bits per heavy atom. The first-order valence-electron chi connectivity index (χ1n) is 7.00. The molecule has 0 unspecified atom stereocenters. The van der Waals surface area contributed by atoms with Crippen LogP contribution in [0.25, 0.3) is 11.0 Å². The predicted octanol–water partition coefficient (Wildman–Crippen LogP) is 2.99. The van der Waals surface area contributed by atoms with Crippen molar-refractivity contribution in [2.24, 2.45) is 0 Å². The maximum absolute atomic E-state index is 9.02. The van der Waals surface area contributed by atoms with E-state index in [9.17, 15) is 0 Å². The fourth-order valence-corrected chi connectivity index (χ4v) is 2.76. The van der Waals surface area contributed by atoms with Crippen molar-refractivity contribution in [2.45, 2.75) is 13.5 Å². The quantitative estimate of drug-likeness (QED) is 0.728. The maximum atomic E-state index is 9.02. The Morgan fingerprint density at radius 3 is 2.86 bits per heavy atom. The van der Waals surface area contributed by atoms with Crippen molar-refractivity contribution < 1.29 is 9.47 Å². The van der Waals surface area contributed by atoms with Crippen molar-refractivity contribution in [1.29, 1.82) is 5.26 Å². The van der Waals surface area contributed by atoms with Gasteiger partial charge in [0.05, 0.1) is 22.7 Å². The first-order chi connectivity index (χ1) is 10.7. The van der Waals surface area contributed by atoms with E-state index in [-0.39, 0.29) is 6.79 Å². The molecule has 108 valence electrons. The molecule has 0 atom stereocenters. The van der Waals surface area contributed by atoms with Gasteiger partial charge in [-0.1, -0.05) is 12.1 Å². The van der Waals surface area contributed by atoms with Gasteiger partial charge in [-0.05, 0) is 24.6 Å². The van der Waals surface area contributed by atoms with Gasteiger partial charge in [-0.15, -0.1) is 0 Å². The summed E-state index contributed by atoms with van der Waals surface area (Å²) in [4.78, 5) is 4.59. The predicted molar refractivity (Wildman–Crippen MR) is 80.9 cm³/mol. The first kappa shape index (κ1) is 12.7. The molecule has 5 nitrogen and oxygen atoms in total. The van der Waals surface area contributed by atoms with Crippen LogP contribution in [0.1, 0.15) is 17.0 Å². The molecule has 0 radical (unpaired) electrons. The molecule has 0 fully saturated rings. The zero-order valence-electron chi connectivity index (χ0n) is 12.0. The summed E-state index contributed by atoms with van der Waals surface area (Å²) in [5.41, 5.74) is 3.62. The van der Waals surface area contributed by atoms with Gasteiger partial charge in [0, 0.05) is 18.7 Å². The van der Waals surface area contributed by atoms with Gasteiger partial charge in [0.15, 0.2) is 11.5 Å². The number of aromatic nitrogens is 2. The zero-order valence-corrected chi connectivity index (χ0v) is 12.0. The second-order valence-corrected chi connectivity index (χ2v) is 5.25. The summed E-state index contributed by atoms with van der Waals surface area (Å²) in [5.74, 6) is 2.41. The SMILES string of the molecule is Cc1nc2cc3c(cc2n1Cc1cccc(C#N)c1)OCO3. The molecule has 3 aromatic rings. The number of nitrogens with zero attached hydrogens (tertiary/aromatic N) is 3. The van der Waals surface area contributed by atoms with E-state index in [1.54, 1.807) is 6.07 Å². The molecule has 1 aliphatic heterocycles.